The van der Waals surface area contributed by atoms with Gasteiger partial charge >= 0.3 is 0 Å². The van der Waals surface area contributed by atoms with E-state index >= 15 is 0 Å². The first-order chi connectivity index (χ1) is 12.3. The minimum Gasteiger partial charge on any atom is -0.493 e. The number of aromatic nitrogens is 1. The molecule has 6 nitrogen and oxygen atoms in total. The maximum atomic E-state index is 12.3. The van der Waals surface area contributed by atoms with Gasteiger partial charge in [0, 0.05) is 25.5 Å². The van der Waals surface area contributed by atoms with Gasteiger partial charge in [-0.15, -0.1) is 0 Å². The predicted octanol–water partition coefficient (Wildman–Crippen LogP) is 2.26. The molecule has 0 saturated carbocycles. The van der Waals surface area contributed by atoms with E-state index in [1.807, 2.05) is 30.3 Å². The molecule has 1 aromatic heterocycles. The molecule has 0 spiro atoms. The number of methoxy groups -OCH3 is 1. The number of nitrogens with one attached hydrogen (secondary N) is 2. The third kappa shape index (κ3) is 4.41. The Labute approximate surface area is 147 Å². The van der Waals surface area contributed by atoms with Crippen molar-refractivity contribution in [3.05, 3.63) is 48.3 Å². The second-order valence-corrected chi connectivity index (χ2v) is 5.97. The van der Waals surface area contributed by atoms with Crippen LogP contribution >= 0.6 is 0 Å². The number of fused-ring (bicyclic) bond motifs is 1. The Morgan fingerprint density at radius 1 is 1.32 bits per heavy atom. The average Bonchev–Trinajstić information content (AvgIpc) is 2.67. The van der Waals surface area contributed by atoms with Crippen molar-refractivity contribution < 1.29 is 14.3 Å². The van der Waals surface area contributed by atoms with Gasteiger partial charge in [0.25, 0.3) is 0 Å². The maximum Gasteiger partial charge on any atom is 0.226 e. The van der Waals surface area contributed by atoms with Crippen molar-refractivity contribution in [3.63, 3.8) is 0 Å². The monoisotopic (exact) mass is 341 g/mol. The lowest BCUT2D eigenvalue weighted by molar-refractivity contribution is -0.126. The van der Waals surface area contributed by atoms with Gasteiger partial charge in [-0.2, -0.15) is 0 Å². The molecule has 1 aliphatic rings. The zero-order valence-corrected chi connectivity index (χ0v) is 14.3. The van der Waals surface area contributed by atoms with Crippen LogP contribution in [0.4, 0.5) is 5.69 Å². The quantitative estimate of drug-likeness (QED) is 0.756. The van der Waals surface area contributed by atoms with E-state index in [1.165, 1.54) is 0 Å². The highest BCUT2D eigenvalue weighted by molar-refractivity contribution is 5.79. The van der Waals surface area contributed by atoms with Gasteiger partial charge in [-0.05, 0) is 36.6 Å². The van der Waals surface area contributed by atoms with E-state index in [0.717, 1.165) is 35.7 Å². The fourth-order valence-corrected chi connectivity index (χ4v) is 2.87. The highest BCUT2D eigenvalue weighted by atomic mass is 16.5. The van der Waals surface area contributed by atoms with E-state index < -0.39 is 0 Å². The third-order valence-corrected chi connectivity index (χ3v) is 4.19. The summed E-state index contributed by atoms with van der Waals surface area (Å²) in [7, 11) is 1.62. The molecule has 3 rings (SSSR count). The van der Waals surface area contributed by atoms with Crippen molar-refractivity contribution in [2.24, 2.45) is 5.92 Å². The first-order valence-corrected chi connectivity index (χ1v) is 8.48. The number of ether oxygens (including phenoxy) is 2. The van der Waals surface area contributed by atoms with Gasteiger partial charge in [-0.3, -0.25) is 9.78 Å². The summed E-state index contributed by atoms with van der Waals surface area (Å²) in [6.07, 6.45) is 5.04. The van der Waals surface area contributed by atoms with Gasteiger partial charge in [-0.1, -0.05) is 12.1 Å². The number of hydrogen-bond donors (Lipinski definition) is 2. The predicted molar refractivity (Wildman–Crippen MR) is 96.0 cm³/mol. The van der Waals surface area contributed by atoms with Crippen LogP contribution in [0.3, 0.4) is 0 Å². The molecule has 0 saturated heterocycles. The number of benzene rings is 1. The molecule has 0 radical (unpaired) electrons. The summed E-state index contributed by atoms with van der Waals surface area (Å²) in [4.78, 5) is 16.4. The Bertz CT molecular complexity index is 706. The summed E-state index contributed by atoms with van der Waals surface area (Å²) in [5.74, 6) is 1.35. The smallest absolute Gasteiger partial charge is 0.226 e. The van der Waals surface area contributed by atoms with Crippen molar-refractivity contribution in [2.75, 3.05) is 32.1 Å². The number of anilines is 1. The molecule has 0 bridgehead atoms. The standard InChI is InChI=1S/C19H23N3O3/c1-24-17-7-2-5-14-11-15(13-25-18(14)17)19(23)22-10-4-9-21-16-6-3-8-20-12-16/h2-3,5-8,12,15,21H,4,9-11,13H2,1H3,(H,22,23)/t15-/m0/s1. The molecule has 2 aromatic rings. The molecule has 25 heavy (non-hydrogen) atoms. The van der Waals surface area contributed by atoms with Crippen LogP contribution in [-0.4, -0.2) is 37.7 Å². The molecular weight excluding hydrogens is 318 g/mol. The lowest BCUT2D eigenvalue weighted by Crippen LogP contribution is -2.38. The number of rotatable bonds is 7. The van der Waals surface area contributed by atoms with Gasteiger partial charge in [0.15, 0.2) is 11.5 Å². The number of para-hydroxylation sites is 1. The van der Waals surface area contributed by atoms with E-state index in [-0.39, 0.29) is 11.8 Å². The number of pyridine rings is 1. The van der Waals surface area contributed by atoms with Crippen LogP contribution in [0.15, 0.2) is 42.7 Å². The van der Waals surface area contributed by atoms with Crippen LogP contribution in [-0.2, 0) is 11.2 Å². The van der Waals surface area contributed by atoms with Crippen molar-refractivity contribution in [2.45, 2.75) is 12.8 Å². The fourth-order valence-electron chi connectivity index (χ4n) is 2.87. The summed E-state index contributed by atoms with van der Waals surface area (Å²) in [6, 6.07) is 9.63. The topological polar surface area (TPSA) is 72.5 Å². The SMILES string of the molecule is COc1cccc2c1OC[C@@H](C(=O)NCCCNc1cccnc1)C2. The molecule has 132 valence electrons. The number of carbonyl (C=O) groups is 1. The highest BCUT2D eigenvalue weighted by Gasteiger charge is 2.27. The van der Waals surface area contributed by atoms with E-state index in [0.29, 0.717) is 19.6 Å². The van der Waals surface area contributed by atoms with Crippen molar-refractivity contribution in [1.82, 2.24) is 10.3 Å². The minimum absolute atomic E-state index is 0.0369. The van der Waals surface area contributed by atoms with Crippen LogP contribution < -0.4 is 20.1 Å². The Morgan fingerprint density at radius 3 is 3.04 bits per heavy atom. The maximum absolute atomic E-state index is 12.3. The largest absolute Gasteiger partial charge is 0.493 e. The average molecular weight is 341 g/mol. The summed E-state index contributed by atoms with van der Waals surface area (Å²) < 4.78 is 11.1. The number of nitrogens with zero attached hydrogens (tertiary/aromatic N) is 1. The van der Waals surface area contributed by atoms with Crippen LogP contribution in [0, 0.1) is 5.92 Å². The molecular formula is C19H23N3O3. The lowest BCUT2D eigenvalue weighted by Gasteiger charge is -2.25. The van der Waals surface area contributed by atoms with Gasteiger partial charge in [0.1, 0.15) is 6.61 Å². The zero-order chi connectivity index (χ0) is 17.5. The zero-order valence-electron chi connectivity index (χ0n) is 14.3. The Kier molecular flexibility index (Phi) is 5.72. The Hall–Kier alpha value is -2.76. The van der Waals surface area contributed by atoms with Crippen LogP contribution in [0.1, 0.15) is 12.0 Å². The van der Waals surface area contributed by atoms with Crippen LogP contribution in [0.5, 0.6) is 11.5 Å². The normalized spacial score (nSPS) is 15.6. The molecule has 0 aliphatic carbocycles. The first kappa shape index (κ1) is 17.1. The molecule has 6 heteroatoms. The van der Waals surface area contributed by atoms with E-state index in [1.54, 1.807) is 19.5 Å². The molecule has 2 heterocycles. The molecule has 1 aliphatic heterocycles. The van der Waals surface area contributed by atoms with E-state index in [9.17, 15) is 4.79 Å². The lowest BCUT2D eigenvalue weighted by atomic mass is 9.95. The molecule has 1 amide bonds. The summed E-state index contributed by atoms with van der Waals surface area (Å²) in [5, 5.41) is 6.26. The second kappa shape index (κ2) is 8.37. The van der Waals surface area contributed by atoms with Gasteiger partial charge in [0.05, 0.1) is 18.7 Å². The molecule has 2 N–H and O–H groups in total. The molecule has 1 atom stereocenters. The molecule has 0 unspecified atom stereocenters. The Morgan fingerprint density at radius 2 is 2.24 bits per heavy atom. The molecule has 0 fully saturated rings. The summed E-state index contributed by atoms with van der Waals surface area (Å²) in [5.41, 5.74) is 2.00. The molecule has 1 aromatic carbocycles. The minimum atomic E-state index is -0.161. The fraction of sp³-hybridized carbons (Fsp3) is 0.368. The number of hydrogen-bond acceptors (Lipinski definition) is 5. The van der Waals surface area contributed by atoms with Crippen LogP contribution in [0.2, 0.25) is 0 Å². The van der Waals surface area contributed by atoms with Crippen LogP contribution in [0.25, 0.3) is 0 Å². The van der Waals surface area contributed by atoms with Gasteiger partial charge in [0.2, 0.25) is 5.91 Å². The summed E-state index contributed by atoms with van der Waals surface area (Å²) in [6.45, 7) is 1.80. The number of amides is 1. The first-order valence-electron chi connectivity index (χ1n) is 8.48. The number of carbonyl (C=O) groups excluding carboxylic acids is 1. The van der Waals surface area contributed by atoms with Gasteiger partial charge in [-0.25, -0.2) is 0 Å². The highest BCUT2D eigenvalue weighted by Crippen LogP contribution is 2.35. The second-order valence-electron chi connectivity index (χ2n) is 5.97. The van der Waals surface area contributed by atoms with Crippen molar-refractivity contribution >= 4 is 11.6 Å². The van der Waals surface area contributed by atoms with Crippen molar-refractivity contribution in [3.8, 4) is 11.5 Å². The van der Waals surface area contributed by atoms with E-state index in [2.05, 4.69) is 15.6 Å². The van der Waals surface area contributed by atoms with Gasteiger partial charge < -0.3 is 20.1 Å². The van der Waals surface area contributed by atoms with Crippen molar-refractivity contribution in [1.29, 1.82) is 0 Å². The third-order valence-electron chi connectivity index (χ3n) is 4.19. The van der Waals surface area contributed by atoms with E-state index in [4.69, 9.17) is 9.47 Å². The summed E-state index contributed by atoms with van der Waals surface area (Å²) >= 11 is 0. The Balaban J connectivity index is 1.42.